The van der Waals surface area contributed by atoms with E-state index in [0.717, 1.165) is 9.63 Å². The second-order valence-corrected chi connectivity index (χ2v) is 5.48. The van der Waals surface area contributed by atoms with Crippen molar-refractivity contribution in [3.05, 3.63) is 63.3 Å². The molecule has 19 heavy (non-hydrogen) atoms. The molecule has 0 unspecified atom stereocenters. The summed E-state index contributed by atoms with van der Waals surface area (Å²) < 4.78 is 0.761. The number of benzene rings is 2. The fourth-order valence-corrected chi connectivity index (χ4v) is 2.46. The Morgan fingerprint density at radius 3 is 2.16 bits per heavy atom. The van der Waals surface area contributed by atoms with Crippen LogP contribution in [0.2, 0.25) is 10.0 Å². The first-order valence-electron chi connectivity index (χ1n) is 5.51. The molecule has 0 aliphatic heterocycles. The number of halogens is 2. The second-order valence-electron chi connectivity index (χ2n) is 3.79. The van der Waals surface area contributed by atoms with Crippen LogP contribution in [0.3, 0.4) is 0 Å². The maximum absolute atomic E-state index is 12.1. The Morgan fingerprint density at radius 1 is 1.05 bits per heavy atom. The summed E-state index contributed by atoms with van der Waals surface area (Å²) in [5, 5.41) is 13.0. The average Bonchev–Trinajstić information content (AvgIpc) is 2.43. The fourth-order valence-electron chi connectivity index (χ4n) is 1.55. The Morgan fingerprint density at radius 2 is 1.63 bits per heavy atom. The first kappa shape index (κ1) is 14.3. The third-order valence-electron chi connectivity index (χ3n) is 2.57. The van der Waals surface area contributed by atoms with Crippen molar-refractivity contribution in [1.82, 2.24) is 0 Å². The summed E-state index contributed by atoms with van der Waals surface area (Å²) in [6.45, 7) is 0. The molecule has 0 aliphatic carbocycles. The minimum absolute atomic E-state index is 0.453. The normalized spacial score (nSPS) is 11.6. The number of thioether (sulfide) groups is 1. The highest BCUT2D eigenvalue weighted by molar-refractivity contribution is 7.98. The van der Waals surface area contributed by atoms with Crippen LogP contribution in [0.4, 0.5) is 5.69 Å². The first-order chi connectivity index (χ1) is 9.11. The van der Waals surface area contributed by atoms with Crippen molar-refractivity contribution < 1.29 is 4.74 Å². The predicted octanol–water partition coefficient (Wildman–Crippen LogP) is 4.98. The zero-order valence-corrected chi connectivity index (χ0v) is 12.5. The van der Waals surface area contributed by atoms with Gasteiger partial charge in [0.1, 0.15) is 0 Å². The monoisotopic (exact) mass is 311 g/mol. The van der Waals surface area contributed by atoms with E-state index in [2.05, 4.69) is 0 Å². The molecule has 98 valence electrons. The molecule has 2 rings (SSSR count). The Hall–Kier alpha value is -1.16. The maximum atomic E-state index is 12.1. The van der Waals surface area contributed by atoms with Crippen LogP contribution in [0.15, 0.2) is 47.4 Å². The zero-order valence-electron chi connectivity index (χ0n) is 10.1. The zero-order chi connectivity index (χ0) is 13.8. The summed E-state index contributed by atoms with van der Waals surface area (Å²) in [5.74, 6) is 0. The van der Waals surface area contributed by atoms with Gasteiger partial charge in [-0.25, -0.2) is 0 Å². The van der Waals surface area contributed by atoms with E-state index in [0.29, 0.717) is 21.3 Å². The van der Waals surface area contributed by atoms with Crippen molar-refractivity contribution in [3.63, 3.8) is 0 Å². The quantitative estimate of drug-likeness (QED) is 0.263. The molecule has 0 radical (unpaired) electrons. The van der Waals surface area contributed by atoms with Crippen LogP contribution in [0.25, 0.3) is 0 Å². The second kappa shape index (κ2) is 6.33. The molecular weight excluding hydrogens is 301 g/mol. The maximum Gasteiger partial charge on any atom is 0.216 e. The van der Waals surface area contributed by atoms with Gasteiger partial charge in [-0.2, -0.15) is 4.74 Å². The van der Waals surface area contributed by atoms with Crippen molar-refractivity contribution >= 4 is 46.9 Å². The summed E-state index contributed by atoms with van der Waals surface area (Å²) in [6.07, 6.45) is 3.37. The highest BCUT2D eigenvalue weighted by atomic mass is 35.5. The summed E-state index contributed by atoms with van der Waals surface area (Å²) >= 11 is 13.7. The average molecular weight is 312 g/mol. The molecule has 0 spiro atoms. The van der Waals surface area contributed by atoms with Gasteiger partial charge in [-0.15, -0.1) is 11.8 Å². The molecule has 5 heteroatoms. The molecule has 0 saturated carbocycles. The molecule has 0 bridgehead atoms. The van der Waals surface area contributed by atoms with E-state index >= 15 is 0 Å². The lowest BCUT2D eigenvalue weighted by molar-refractivity contribution is -0.354. The van der Waals surface area contributed by atoms with Gasteiger partial charge in [0.05, 0.1) is 15.6 Å². The van der Waals surface area contributed by atoms with Gasteiger partial charge in [0.2, 0.25) is 5.69 Å². The highest BCUT2D eigenvalue weighted by Gasteiger charge is 2.08. The Bertz CT molecular complexity index is 591. The van der Waals surface area contributed by atoms with Crippen LogP contribution >= 0.6 is 35.0 Å². The number of hydrogen-bond donors (Lipinski definition) is 0. The number of rotatable bonds is 3. The highest BCUT2D eigenvalue weighted by Crippen LogP contribution is 2.24. The number of nitrogens with zero attached hydrogens (tertiary/aromatic N) is 1. The van der Waals surface area contributed by atoms with Crippen molar-refractivity contribution in [2.75, 3.05) is 6.26 Å². The van der Waals surface area contributed by atoms with Crippen LogP contribution in [0.5, 0.6) is 0 Å². The van der Waals surface area contributed by atoms with Gasteiger partial charge >= 0.3 is 0 Å². The van der Waals surface area contributed by atoms with Crippen molar-refractivity contribution in [2.24, 2.45) is 0 Å². The molecule has 0 fully saturated rings. The molecule has 0 atom stereocenters. The molecule has 0 heterocycles. The van der Waals surface area contributed by atoms with E-state index in [1.165, 1.54) is 6.21 Å². The molecule has 0 N–H and O–H groups in total. The molecule has 2 aromatic carbocycles. The smallest absolute Gasteiger partial charge is 0.216 e. The minimum Gasteiger partial charge on any atom is -0.618 e. The van der Waals surface area contributed by atoms with Crippen LogP contribution in [0, 0.1) is 5.21 Å². The Balaban J connectivity index is 2.37. The van der Waals surface area contributed by atoms with Gasteiger partial charge < -0.3 is 5.21 Å². The van der Waals surface area contributed by atoms with Crippen molar-refractivity contribution in [1.29, 1.82) is 0 Å². The van der Waals surface area contributed by atoms with E-state index in [4.69, 9.17) is 23.2 Å². The molecule has 0 saturated heterocycles. The topological polar surface area (TPSA) is 26.1 Å². The van der Waals surface area contributed by atoms with Gasteiger partial charge in [-0.3, -0.25) is 0 Å². The summed E-state index contributed by atoms with van der Waals surface area (Å²) in [7, 11) is 0. The number of hydrogen-bond acceptors (Lipinski definition) is 2. The largest absolute Gasteiger partial charge is 0.618 e. The van der Waals surface area contributed by atoms with Crippen LogP contribution in [-0.2, 0) is 0 Å². The summed E-state index contributed by atoms with van der Waals surface area (Å²) in [5.41, 5.74) is 1.06. The molecule has 0 aromatic heterocycles. The van der Waals surface area contributed by atoms with Gasteiger partial charge in [-0.1, -0.05) is 29.3 Å². The lowest BCUT2D eigenvalue weighted by atomic mass is 10.2. The van der Waals surface area contributed by atoms with Crippen molar-refractivity contribution in [2.45, 2.75) is 4.90 Å². The van der Waals surface area contributed by atoms with Gasteiger partial charge in [-0.05, 0) is 30.5 Å². The minimum atomic E-state index is 0.453. The van der Waals surface area contributed by atoms with Gasteiger partial charge in [0, 0.05) is 17.0 Å². The van der Waals surface area contributed by atoms with Crippen molar-refractivity contribution in [3.8, 4) is 0 Å². The predicted molar refractivity (Wildman–Crippen MR) is 83.1 cm³/mol. The lowest BCUT2D eigenvalue weighted by Gasteiger charge is -2.05. The van der Waals surface area contributed by atoms with E-state index in [1.807, 2.05) is 18.4 Å². The van der Waals surface area contributed by atoms with Crippen LogP contribution in [0.1, 0.15) is 5.56 Å². The van der Waals surface area contributed by atoms with E-state index in [9.17, 15) is 5.21 Å². The molecule has 0 aliphatic rings. The SMILES string of the molecule is CSc1ccc(/[N+]([O-])=C/c2c(Cl)cccc2Cl)cc1. The van der Waals surface area contributed by atoms with Crippen LogP contribution in [-0.4, -0.2) is 17.2 Å². The fraction of sp³-hybridized carbons (Fsp3) is 0.0714. The third-order valence-corrected chi connectivity index (χ3v) is 3.98. The summed E-state index contributed by atoms with van der Waals surface area (Å²) in [4.78, 5) is 1.10. The van der Waals surface area contributed by atoms with Gasteiger partial charge in [0.15, 0.2) is 6.21 Å². The Labute approximate surface area is 126 Å². The molecule has 2 aromatic rings. The van der Waals surface area contributed by atoms with Gasteiger partial charge in [0.25, 0.3) is 0 Å². The Kier molecular flexibility index (Phi) is 4.75. The molecule has 2 nitrogen and oxygen atoms in total. The lowest BCUT2D eigenvalue weighted by Crippen LogP contribution is -2.00. The standard InChI is InChI=1S/C14H11Cl2NOS/c1-19-11-7-5-10(6-8-11)17(18)9-12-13(15)3-2-4-14(12)16/h2-9H,1H3/b17-9-. The summed E-state index contributed by atoms with van der Waals surface area (Å²) in [6, 6.07) is 12.5. The van der Waals surface area contributed by atoms with Crippen LogP contribution < -0.4 is 0 Å². The molecule has 0 amide bonds. The third kappa shape index (κ3) is 3.44. The van der Waals surface area contributed by atoms with E-state index in [1.54, 1.807) is 42.1 Å². The van der Waals surface area contributed by atoms with E-state index < -0.39 is 0 Å². The molecular formula is C14H11Cl2NOS. The first-order valence-corrected chi connectivity index (χ1v) is 7.49. The van der Waals surface area contributed by atoms with E-state index in [-0.39, 0.29) is 0 Å².